The number of fused-ring (bicyclic) bond motifs is 1. The van der Waals surface area contributed by atoms with Gasteiger partial charge >= 0.3 is 0 Å². The number of carboxylic acids is 1. The molecule has 8 heteroatoms. The molecule has 0 saturated carbocycles. The van der Waals surface area contributed by atoms with Crippen molar-refractivity contribution in [3.05, 3.63) is 107 Å². The standard InChI is InChI=1S/C30H24FN3O4/c31-22-11-9-19(10-12-22)21-15-24-29(26(35)16-21)30(20-7-5-18(17-32)6-8-20)34(27(36)13-14-28(37)38)25-4-2-1-3-23(25)33-24/h1-12,21,30,33H,13-16H2,(H,37,38)/p-1/t21-,30-/m0/s1. The Morgan fingerprint density at radius 2 is 1.66 bits per heavy atom. The van der Waals surface area contributed by atoms with Crippen LogP contribution in [0, 0.1) is 17.1 Å². The molecular formula is C30H23FN3O4-. The molecule has 190 valence electrons. The lowest BCUT2D eigenvalue weighted by Crippen LogP contribution is -2.39. The highest BCUT2D eigenvalue weighted by Crippen LogP contribution is 2.47. The summed E-state index contributed by atoms with van der Waals surface area (Å²) in [5.74, 6) is -2.54. The van der Waals surface area contributed by atoms with E-state index >= 15 is 0 Å². The van der Waals surface area contributed by atoms with E-state index in [0.717, 1.165) is 5.56 Å². The first-order valence-electron chi connectivity index (χ1n) is 12.3. The van der Waals surface area contributed by atoms with Crippen LogP contribution in [0.1, 0.15) is 54.3 Å². The van der Waals surface area contributed by atoms with E-state index in [9.17, 15) is 29.1 Å². The summed E-state index contributed by atoms with van der Waals surface area (Å²) in [6, 6.07) is 21.1. The Balaban J connectivity index is 1.68. The smallest absolute Gasteiger partial charge is 0.228 e. The van der Waals surface area contributed by atoms with Gasteiger partial charge in [0, 0.05) is 30.1 Å². The highest BCUT2D eigenvalue weighted by molar-refractivity contribution is 6.06. The van der Waals surface area contributed by atoms with E-state index in [-0.39, 0.29) is 30.4 Å². The van der Waals surface area contributed by atoms with E-state index in [0.29, 0.717) is 40.2 Å². The molecule has 0 aromatic heterocycles. The van der Waals surface area contributed by atoms with E-state index in [4.69, 9.17) is 0 Å². The van der Waals surface area contributed by atoms with E-state index in [1.807, 2.05) is 0 Å². The zero-order chi connectivity index (χ0) is 26.8. The van der Waals surface area contributed by atoms with Crippen molar-refractivity contribution in [3.63, 3.8) is 0 Å². The van der Waals surface area contributed by atoms with Crippen LogP contribution in [-0.4, -0.2) is 17.7 Å². The van der Waals surface area contributed by atoms with Crippen LogP contribution in [0.5, 0.6) is 0 Å². The van der Waals surface area contributed by atoms with Gasteiger partial charge in [0.25, 0.3) is 0 Å². The van der Waals surface area contributed by atoms with Crippen molar-refractivity contribution in [3.8, 4) is 6.07 Å². The summed E-state index contributed by atoms with van der Waals surface area (Å²) in [7, 11) is 0. The first-order valence-corrected chi connectivity index (χ1v) is 12.3. The van der Waals surface area contributed by atoms with Crippen molar-refractivity contribution >= 4 is 29.0 Å². The predicted molar refractivity (Wildman–Crippen MR) is 136 cm³/mol. The molecule has 1 aliphatic carbocycles. The lowest BCUT2D eigenvalue weighted by molar-refractivity contribution is -0.305. The Morgan fingerprint density at radius 1 is 0.974 bits per heavy atom. The zero-order valence-corrected chi connectivity index (χ0v) is 20.3. The third-order valence-electron chi connectivity index (χ3n) is 7.00. The van der Waals surface area contributed by atoms with Gasteiger partial charge in [-0.3, -0.25) is 14.5 Å². The molecule has 7 nitrogen and oxygen atoms in total. The van der Waals surface area contributed by atoms with Crippen LogP contribution >= 0.6 is 0 Å². The number of allylic oxidation sites excluding steroid dienone is 1. The van der Waals surface area contributed by atoms with E-state index < -0.39 is 24.3 Å². The number of carbonyl (C=O) groups excluding carboxylic acids is 3. The van der Waals surface area contributed by atoms with Gasteiger partial charge in [-0.2, -0.15) is 5.26 Å². The SMILES string of the molecule is N#Cc1ccc([C@H]2C3=C(C[C@H](c4ccc(F)cc4)CC3=O)Nc3ccccc3N2C(=O)CCC(=O)[O-])cc1. The topological polar surface area (TPSA) is 113 Å². The van der Waals surface area contributed by atoms with E-state index in [1.54, 1.807) is 60.7 Å². The Labute approximate surface area is 218 Å². The van der Waals surface area contributed by atoms with Gasteiger partial charge in [0.2, 0.25) is 5.91 Å². The number of nitriles is 1. The fourth-order valence-corrected chi connectivity index (χ4v) is 5.22. The molecular weight excluding hydrogens is 485 g/mol. The zero-order valence-electron chi connectivity index (χ0n) is 20.3. The third-order valence-corrected chi connectivity index (χ3v) is 7.00. The fraction of sp³-hybridized carbons (Fsp3) is 0.200. The number of carboxylic acid groups (broad SMARTS) is 1. The number of hydrogen-bond donors (Lipinski definition) is 1. The van der Waals surface area contributed by atoms with Crippen molar-refractivity contribution in [1.82, 2.24) is 0 Å². The Morgan fingerprint density at radius 3 is 2.34 bits per heavy atom. The summed E-state index contributed by atoms with van der Waals surface area (Å²) in [4.78, 5) is 40.1. The van der Waals surface area contributed by atoms with Gasteiger partial charge < -0.3 is 15.2 Å². The number of halogens is 1. The maximum atomic E-state index is 13.9. The van der Waals surface area contributed by atoms with Crippen LogP contribution in [0.25, 0.3) is 0 Å². The second-order valence-corrected chi connectivity index (χ2v) is 9.39. The summed E-state index contributed by atoms with van der Waals surface area (Å²) in [5, 5.41) is 23.9. The number of anilines is 2. The fourth-order valence-electron chi connectivity index (χ4n) is 5.22. The number of nitrogens with one attached hydrogen (secondary N) is 1. The largest absolute Gasteiger partial charge is 0.550 e. The highest BCUT2D eigenvalue weighted by atomic mass is 19.1. The normalized spacial score (nSPS) is 18.5. The second kappa shape index (κ2) is 10.3. The first kappa shape index (κ1) is 24.9. The Bertz CT molecular complexity index is 1490. The van der Waals surface area contributed by atoms with Crippen molar-refractivity contribution < 1.29 is 23.9 Å². The number of aliphatic carboxylic acids is 1. The van der Waals surface area contributed by atoms with Gasteiger partial charge in [0.1, 0.15) is 5.82 Å². The highest BCUT2D eigenvalue weighted by Gasteiger charge is 2.41. The van der Waals surface area contributed by atoms with Gasteiger partial charge in [-0.1, -0.05) is 36.4 Å². The molecule has 5 rings (SSSR count). The number of ketones is 1. The molecule has 0 unspecified atom stereocenters. The quantitative estimate of drug-likeness (QED) is 0.555. The molecule has 2 atom stereocenters. The second-order valence-electron chi connectivity index (χ2n) is 9.39. The van der Waals surface area contributed by atoms with Crippen LogP contribution in [0.4, 0.5) is 15.8 Å². The molecule has 38 heavy (non-hydrogen) atoms. The molecule has 0 spiro atoms. The number of carbonyl (C=O) groups is 3. The maximum absolute atomic E-state index is 13.9. The molecule has 3 aromatic carbocycles. The van der Waals surface area contributed by atoms with Crippen molar-refractivity contribution in [1.29, 1.82) is 5.26 Å². The minimum atomic E-state index is -1.34. The molecule has 1 heterocycles. The lowest BCUT2D eigenvalue weighted by Gasteiger charge is -2.35. The van der Waals surface area contributed by atoms with Crippen LogP contribution in [-0.2, 0) is 14.4 Å². The van der Waals surface area contributed by atoms with Gasteiger partial charge in [0.15, 0.2) is 5.78 Å². The van der Waals surface area contributed by atoms with Gasteiger partial charge in [-0.05, 0) is 66.3 Å². The molecule has 1 amide bonds. The molecule has 2 aliphatic rings. The van der Waals surface area contributed by atoms with Crippen molar-refractivity contribution in [2.24, 2.45) is 0 Å². The van der Waals surface area contributed by atoms with Crippen LogP contribution in [0.3, 0.4) is 0 Å². The maximum Gasteiger partial charge on any atom is 0.228 e. The molecule has 1 N–H and O–H groups in total. The minimum absolute atomic E-state index is 0.163. The molecule has 0 saturated heterocycles. The summed E-state index contributed by atoms with van der Waals surface area (Å²) >= 11 is 0. The van der Waals surface area contributed by atoms with Crippen LogP contribution in [0.2, 0.25) is 0 Å². The summed E-state index contributed by atoms with van der Waals surface area (Å²) in [6.45, 7) is 0. The minimum Gasteiger partial charge on any atom is -0.550 e. The molecule has 0 fully saturated rings. The average molecular weight is 509 g/mol. The van der Waals surface area contributed by atoms with Gasteiger partial charge in [0.05, 0.1) is 29.0 Å². The number of hydrogen-bond acceptors (Lipinski definition) is 6. The molecule has 1 aliphatic heterocycles. The number of rotatable bonds is 5. The number of nitrogens with zero attached hydrogens (tertiary/aromatic N) is 2. The van der Waals surface area contributed by atoms with E-state index in [2.05, 4.69) is 11.4 Å². The molecule has 0 radical (unpaired) electrons. The number of para-hydroxylation sites is 2. The monoisotopic (exact) mass is 508 g/mol. The first-order chi connectivity index (χ1) is 18.4. The number of benzene rings is 3. The lowest BCUT2D eigenvalue weighted by atomic mass is 9.78. The van der Waals surface area contributed by atoms with Gasteiger partial charge in [-0.15, -0.1) is 0 Å². The molecule has 3 aromatic rings. The summed E-state index contributed by atoms with van der Waals surface area (Å²) in [5.41, 5.74) is 4.04. The van der Waals surface area contributed by atoms with Crippen molar-refractivity contribution in [2.75, 3.05) is 10.2 Å². The summed E-state index contributed by atoms with van der Waals surface area (Å²) in [6.07, 6.45) is -0.152. The predicted octanol–water partition coefficient (Wildman–Crippen LogP) is 4.13. The Kier molecular flexibility index (Phi) is 6.75. The van der Waals surface area contributed by atoms with Crippen molar-refractivity contribution in [2.45, 2.75) is 37.6 Å². The van der Waals surface area contributed by atoms with Gasteiger partial charge in [-0.25, -0.2) is 4.39 Å². The Hall–Kier alpha value is -4.77. The van der Waals surface area contributed by atoms with Crippen LogP contribution in [0.15, 0.2) is 84.1 Å². The number of Topliss-reactive ketones (excluding diaryl/α,β-unsaturated/α-hetero) is 1. The number of amides is 1. The third kappa shape index (κ3) is 4.78. The average Bonchev–Trinajstić information content (AvgIpc) is 3.07. The van der Waals surface area contributed by atoms with E-state index in [1.165, 1.54) is 17.0 Å². The molecule has 0 bridgehead atoms. The summed E-state index contributed by atoms with van der Waals surface area (Å²) < 4.78 is 13.6. The van der Waals surface area contributed by atoms with Crippen LogP contribution < -0.4 is 15.3 Å².